The number of aryl methyl sites for hydroxylation is 1. The van der Waals surface area contributed by atoms with E-state index in [-0.39, 0.29) is 27.7 Å². The van der Waals surface area contributed by atoms with Gasteiger partial charge in [0.15, 0.2) is 0 Å². The molecule has 2 aliphatic carbocycles. The summed E-state index contributed by atoms with van der Waals surface area (Å²) in [4.78, 5) is 13.6. The molecule has 7 nitrogen and oxygen atoms in total. The molecule has 1 N–H and O–H groups in total. The summed E-state index contributed by atoms with van der Waals surface area (Å²) in [6, 6.07) is 5.21. The van der Waals surface area contributed by atoms with E-state index in [2.05, 4.69) is 26.1 Å². The molecule has 33 heavy (non-hydrogen) atoms. The summed E-state index contributed by atoms with van der Waals surface area (Å²) < 4.78 is 39.0. The fourth-order valence-corrected chi connectivity index (χ4v) is 8.04. The number of fused-ring (bicyclic) bond motifs is 2. The number of ether oxygens (including phenoxy) is 2. The summed E-state index contributed by atoms with van der Waals surface area (Å²) >= 11 is 0. The average Bonchev–Trinajstić information content (AvgIpc) is 3.28. The van der Waals surface area contributed by atoms with Crippen LogP contribution in [0.4, 0.5) is 0 Å². The van der Waals surface area contributed by atoms with Gasteiger partial charge in [0.25, 0.3) is 5.91 Å². The first-order chi connectivity index (χ1) is 15.6. The Bertz CT molecular complexity index is 982. The maximum absolute atomic E-state index is 13.5. The molecule has 1 unspecified atom stereocenters. The molecule has 2 saturated carbocycles. The number of methoxy groups -OCH3 is 1. The highest BCUT2D eigenvalue weighted by molar-refractivity contribution is 7.89. The molecule has 3 aliphatic rings. The summed E-state index contributed by atoms with van der Waals surface area (Å²) in [7, 11) is -2.09. The molecule has 1 heterocycles. The molecule has 1 amide bonds. The highest BCUT2D eigenvalue weighted by Gasteiger charge is 2.59. The molecule has 1 aromatic rings. The standard InChI is InChI=1S/C25H38N2O5S/c1-24(2)20-9-10-25(3,17-20)23(24)26-22(28)19-8-7-18(6-5-13-31-4)21(16-19)33(29,30)27-11-14-32-15-12-27/h7-8,16,20,23H,5-6,9-15,17H2,1-4H3,(H,26,28)/t20-,23?,25+/m1/s1. The number of carbonyl (C=O) groups excluding carboxylic acids is 1. The minimum atomic E-state index is -3.72. The summed E-state index contributed by atoms with van der Waals surface area (Å²) in [5.41, 5.74) is 1.26. The summed E-state index contributed by atoms with van der Waals surface area (Å²) in [6.07, 6.45) is 4.77. The van der Waals surface area contributed by atoms with E-state index in [0.29, 0.717) is 57.2 Å². The van der Waals surface area contributed by atoms with Gasteiger partial charge in [0.05, 0.1) is 18.1 Å². The minimum absolute atomic E-state index is 0.0332. The molecule has 184 valence electrons. The van der Waals surface area contributed by atoms with Crippen LogP contribution >= 0.6 is 0 Å². The lowest BCUT2D eigenvalue weighted by Crippen LogP contribution is -2.52. The fraction of sp³-hybridized carbons (Fsp3) is 0.720. The highest BCUT2D eigenvalue weighted by Crippen LogP contribution is 2.62. The molecule has 0 radical (unpaired) electrons. The molecule has 2 bridgehead atoms. The van der Waals surface area contributed by atoms with Crippen molar-refractivity contribution in [2.45, 2.75) is 63.8 Å². The number of benzene rings is 1. The Balaban J connectivity index is 1.62. The zero-order valence-corrected chi connectivity index (χ0v) is 21.2. The third-order valence-corrected chi connectivity index (χ3v) is 10.2. The molecular formula is C25H38N2O5S. The number of nitrogens with one attached hydrogen (secondary N) is 1. The van der Waals surface area contributed by atoms with E-state index in [1.807, 2.05) is 0 Å². The van der Waals surface area contributed by atoms with Crippen molar-refractivity contribution >= 4 is 15.9 Å². The van der Waals surface area contributed by atoms with Gasteiger partial charge in [-0.25, -0.2) is 8.42 Å². The molecule has 1 aliphatic heterocycles. The Labute approximate surface area is 198 Å². The van der Waals surface area contributed by atoms with Gasteiger partial charge in [0, 0.05) is 38.4 Å². The van der Waals surface area contributed by atoms with E-state index >= 15 is 0 Å². The second-order valence-corrected chi connectivity index (χ2v) is 12.7. The molecular weight excluding hydrogens is 440 g/mol. The van der Waals surface area contributed by atoms with Crippen LogP contribution in [-0.2, 0) is 25.9 Å². The van der Waals surface area contributed by atoms with E-state index in [0.717, 1.165) is 18.4 Å². The SMILES string of the molecule is COCCCc1ccc(C(=O)NC2C(C)(C)[C@@H]3CC[C@@]2(C)C3)cc1S(=O)(=O)N1CCOCC1. The first-order valence-electron chi connectivity index (χ1n) is 12.1. The maximum atomic E-state index is 13.5. The van der Waals surface area contributed by atoms with Crippen molar-refractivity contribution in [3.8, 4) is 0 Å². The zero-order chi connectivity index (χ0) is 23.9. The van der Waals surface area contributed by atoms with Gasteiger partial charge in [-0.05, 0) is 66.5 Å². The molecule has 8 heteroatoms. The maximum Gasteiger partial charge on any atom is 0.251 e. The van der Waals surface area contributed by atoms with Gasteiger partial charge in [0.2, 0.25) is 10.0 Å². The van der Waals surface area contributed by atoms with Crippen LogP contribution in [0.2, 0.25) is 0 Å². The second-order valence-electron chi connectivity index (χ2n) is 10.8. The van der Waals surface area contributed by atoms with Crippen LogP contribution in [0.5, 0.6) is 0 Å². The predicted octanol–water partition coefficient (Wildman–Crippen LogP) is 3.23. The Morgan fingerprint density at radius 3 is 2.61 bits per heavy atom. The summed E-state index contributed by atoms with van der Waals surface area (Å²) in [5, 5.41) is 3.30. The molecule has 4 rings (SSSR count). The zero-order valence-electron chi connectivity index (χ0n) is 20.4. The van der Waals surface area contributed by atoms with Gasteiger partial charge in [-0.3, -0.25) is 4.79 Å². The first-order valence-corrected chi connectivity index (χ1v) is 13.5. The second kappa shape index (κ2) is 9.29. The number of hydrogen-bond acceptors (Lipinski definition) is 5. The molecule has 3 atom stereocenters. The molecule has 0 aromatic heterocycles. The summed E-state index contributed by atoms with van der Waals surface area (Å²) in [5.74, 6) is 0.428. The van der Waals surface area contributed by atoms with Gasteiger partial charge < -0.3 is 14.8 Å². The Kier molecular flexibility index (Phi) is 6.93. The Morgan fingerprint density at radius 1 is 1.24 bits per heavy atom. The van der Waals surface area contributed by atoms with E-state index in [1.165, 1.54) is 10.7 Å². The van der Waals surface area contributed by atoms with E-state index in [9.17, 15) is 13.2 Å². The fourth-order valence-electron chi connectivity index (χ4n) is 6.35. The normalized spacial score (nSPS) is 29.3. The van der Waals surface area contributed by atoms with Crippen LogP contribution in [0.3, 0.4) is 0 Å². The van der Waals surface area contributed by atoms with E-state index in [1.54, 1.807) is 25.3 Å². The lowest BCUT2D eigenvalue weighted by molar-refractivity contribution is 0.0728. The third kappa shape index (κ3) is 4.59. The third-order valence-electron chi connectivity index (χ3n) is 8.26. The molecule has 1 aromatic carbocycles. The quantitative estimate of drug-likeness (QED) is 0.580. The lowest BCUT2D eigenvalue weighted by Gasteiger charge is -2.43. The number of nitrogens with zero attached hydrogens (tertiary/aromatic N) is 1. The van der Waals surface area contributed by atoms with Gasteiger partial charge in [-0.2, -0.15) is 4.31 Å². The average molecular weight is 479 g/mol. The molecule has 3 fully saturated rings. The van der Waals surface area contributed by atoms with E-state index in [4.69, 9.17) is 9.47 Å². The predicted molar refractivity (Wildman–Crippen MR) is 127 cm³/mol. The number of rotatable bonds is 8. The topological polar surface area (TPSA) is 84.9 Å². The number of carbonyl (C=O) groups is 1. The van der Waals surface area contributed by atoms with Gasteiger partial charge in [-0.15, -0.1) is 0 Å². The van der Waals surface area contributed by atoms with Crippen molar-refractivity contribution in [2.24, 2.45) is 16.7 Å². The first kappa shape index (κ1) is 24.6. The van der Waals surface area contributed by atoms with Crippen molar-refractivity contribution in [3.05, 3.63) is 29.3 Å². The van der Waals surface area contributed by atoms with Crippen molar-refractivity contribution in [3.63, 3.8) is 0 Å². The van der Waals surface area contributed by atoms with E-state index < -0.39 is 10.0 Å². The van der Waals surface area contributed by atoms with Crippen LogP contribution < -0.4 is 5.32 Å². The number of amides is 1. The van der Waals surface area contributed by atoms with Crippen molar-refractivity contribution in [1.82, 2.24) is 9.62 Å². The van der Waals surface area contributed by atoms with Crippen LogP contribution in [0.15, 0.2) is 23.1 Å². The van der Waals surface area contributed by atoms with Gasteiger partial charge >= 0.3 is 0 Å². The lowest BCUT2D eigenvalue weighted by atomic mass is 9.68. The van der Waals surface area contributed by atoms with Crippen molar-refractivity contribution in [1.29, 1.82) is 0 Å². The smallest absolute Gasteiger partial charge is 0.251 e. The summed E-state index contributed by atoms with van der Waals surface area (Å²) in [6.45, 7) is 8.75. The van der Waals surface area contributed by atoms with Crippen LogP contribution in [0.25, 0.3) is 0 Å². The van der Waals surface area contributed by atoms with Crippen LogP contribution in [0.1, 0.15) is 62.4 Å². The van der Waals surface area contributed by atoms with Gasteiger partial charge in [-0.1, -0.05) is 26.8 Å². The van der Waals surface area contributed by atoms with Crippen LogP contribution in [0, 0.1) is 16.7 Å². The number of sulfonamides is 1. The van der Waals surface area contributed by atoms with Crippen LogP contribution in [-0.4, -0.2) is 64.7 Å². The minimum Gasteiger partial charge on any atom is -0.385 e. The molecule has 0 spiro atoms. The highest BCUT2D eigenvalue weighted by atomic mass is 32.2. The number of hydrogen-bond donors (Lipinski definition) is 1. The largest absolute Gasteiger partial charge is 0.385 e. The van der Waals surface area contributed by atoms with Crippen molar-refractivity contribution < 1.29 is 22.7 Å². The molecule has 1 saturated heterocycles. The van der Waals surface area contributed by atoms with Crippen molar-refractivity contribution in [2.75, 3.05) is 40.0 Å². The Hall–Kier alpha value is -1.48. The van der Waals surface area contributed by atoms with Gasteiger partial charge in [0.1, 0.15) is 0 Å². The monoisotopic (exact) mass is 478 g/mol. The number of morpholine rings is 1. The Morgan fingerprint density at radius 2 is 1.97 bits per heavy atom.